The highest BCUT2D eigenvalue weighted by molar-refractivity contribution is 5.94. The number of hydrogen-bond donors (Lipinski definition) is 4. The molecular weight excluding hydrogens is 886 g/mol. The van der Waals surface area contributed by atoms with Crippen LogP contribution in [0.4, 0.5) is 20.2 Å². The van der Waals surface area contributed by atoms with Gasteiger partial charge in [-0.05, 0) is 72.2 Å². The standard InChI is InChI=1S/2C25H26FN3O4.ClH/c2*26-21-11-19-22(29(18-5-6-18)14-20(24(19)31)25(32)33)12-23(21)28-9-7-27(8-10-28)13-16-1-3-17(15-30)4-2-16;/h2*1-4,11-12,14,18,30H,5-10,13,15H2,(H,32,33);1H. The van der Waals surface area contributed by atoms with E-state index in [9.17, 15) is 39.6 Å². The molecule has 0 unspecified atom stereocenters. The van der Waals surface area contributed by atoms with E-state index in [1.807, 2.05) is 67.5 Å². The summed E-state index contributed by atoms with van der Waals surface area (Å²) in [5.74, 6) is -3.58. The van der Waals surface area contributed by atoms with Gasteiger partial charge in [-0.2, -0.15) is 0 Å². The van der Waals surface area contributed by atoms with Crippen molar-refractivity contribution in [1.82, 2.24) is 18.9 Å². The molecule has 2 aliphatic heterocycles. The number of rotatable bonds is 12. The Morgan fingerprint density at radius 3 is 1.15 bits per heavy atom. The number of piperazine rings is 2. The number of anilines is 2. The Kier molecular flexibility index (Phi) is 14.1. The molecule has 4 aliphatic rings. The molecule has 2 aromatic heterocycles. The third-order valence-electron chi connectivity index (χ3n) is 13.2. The molecule has 0 atom stereocenters. The van der Waals surface area contributed by atoms with E-state index in [1.165, 1.54) is 35.7 Å². The Morgan fingerprint density at radius 1 is 0.522 bits per heavy atom. The first-order valence-electron chi connectivity index (χ1n) is 22.4. The highest BCUT2D eigenvalue weighted by atomic mass is 35.5. The average molecular weight is 939 g/mol. The summed E-state index contributed by atoms with van der Waals surface area (Å²) in [7, 11) is 0. The van der Waals surface area contributed by atoms with Gasteiger partial charge in [0.15, 0.2) is 0 Å². The third kappa shape index (κ3) is 10.2. The zero-order valence-corrected chi connectivity index (χ0v) is 37.6. The Balaban J connectivity index is 0.000000179. The molecule has 14 nitrogen and oxygen atoms in total. The zero-order valence-electron chi connectivity index (χ0n) is 36.8. The third-order valence-corrected chi connectivity index (χ3v) is 13.2. The molecule has 67 heavy (non-hydrogen) atoms. The van der Waals surface area contributed by atoms with E-state index in [0.717, 1.165) is 76.1 Å². The Bertz CT molecular complexity index is 2720. The molecule has 0 bridgehead atoms. The molecule has 17 heteroatoms. The van der Waals surface area contributed by atoms with Crippen molar-refractivity contribution in [2.75, 3.05) is 62.2 Å². The van der Waals surface area contributed by atoms with E-state index in [4.69, 9.17) is 0 Å². The predicted molar refractivity (Wildman–Crippen MR) is 254 cm³/mol. The molecule has 4 fully saturated rings. The van der Waals surface area contributed by atoms with Gasteiger partial charge in [-0.1, -0.05) is 48.5 Å². The van der Waals surface area contributed by atoms with E-state index >= 15 is 8.78 Å². The van der Waals surface area contributed by atoms with Crippen molar-refractivity contribution in [3.8, 4) is 0 Å². The van der Waals surface area contributed by atoms with Crippen LogP contribution in [0, 0.1) is 11.6 Å². The molecule has 4 N–H and O–H groups in total. The quantitative estimate of drug-likeness (QED) is 0.107. The summed E-state index contributed by atoms with van der Waals surface area (Å²) in [5.41, 5.74) is 4.27. The van der Waals surface area contributed by atoms with Crippen molar-refractivity contribution in [1.29, 1.82) is 0 Å². The van der Waals surface area contributed by atoms with Gasteiger partial charge in [0.1, 0.15) is 22.8 Å². The number of aliphatic hydroxyl groups excluding tert-OH is 2. The maximum absolute atomic E-state index is 15.1. The average Bonchev–Trinajstić information content (AvgIpc) is 4.27. The number of hydrogen-bond acceptors (Lipinski definition) is 10. The first-order valence-corrected chi connectivity index (χ1v) is 22.4. The van der Waals surface area contributed by atoms with Gasteiger partial charge in [-0.25, -0.2) is 18.4 Å². The van der Waals surface area contributed by atoms with Crippen molar-refractivity contribution in [2.24, 2.45) is 0 Å². The molecule has 0 amide bonds. The fourth-order valence-corrected chi connectivity index (χ4v) is 9.13. The number of fused-ring (bicyclic) bond motifs is 2. The fraction of sp³-hybridized carbons (Fsp3) is 0.360. The molecule has 0 spiro atoms. The van der Waals surface area contributed by atoms with Gasteiger partial charge in [0.25, 0.3) is 0 Å². The largest absolute Gasteiger partial charge is 0.477 e. The molecular formula is C50H53ClF2N6O8. The van der Waals surface area contributed by atoms with Gasteiger partial charge in [0.2, 0.25) is 10.9 Å². The number of aromatic carboxylic acids is 2. The first kappa shape index (κ1) is 47.3. The molecule has 4 aromatic carbocycles. The number of benzene rings is 4. The number of aliphatic hydroxyl groups is 2. The first-order chi connectivity index (χ1) is 31.9. The van der Waals surface area contributed by atoms with Crippen LogP contribution < -0.4 is 20.7 Å². The van der Waals surface area contributed by atoms with Gasteiger partial charge in [0, 0.05) is 101 Å². The van der Waals surface area contributed by atoms with Crippen LogP contribution in [-0.4, -0.2) is 104 Å². The maximum atomic E-state index is 15.1. The second kappa shape index (κ2) is 20.0. The minimum Gasteiger partial charge on any atom is -0.477 e. The summed E-state index contributed by atoms with van der Waals surface area (Å²) in [4.78, 5) is 57.0. The number of pyridine rings is 2. The Morgan fingerprint density at radius 2 is 0.851 bits per heavy atom. The van der Waals surface area contributed by atoms with Gasteiger partial charge >= 0.3 is 11.9 Å². The SMILES string of the molecule is Cl.O=C(O)c1cn(C2CC2)c2cc(N3CCN(Cc4ccc(CO)cc4)CC3)c(F)cc2c1=O.O=C(O)c1cn(C2CC2)c2cc(N3CCN(Cc4ccc(CO)cc4)CC3)c(F)cc2c1=O. The van der Waals surface area contributed by atoms with Gasteiger partial charge < -0.3 is 39.4 Å². The number of carboxylic acid groups (broad SMARTS) is 2. The van der Waals surface area contributed by atoms with E-state index in [2.05, 4.69) is 9.80 Å². The molecule has 2 saturated carbocycles. The van der Waals surface area contributed by atoms with Crippen molar-refractivity contribution in [2.45, 2.75) is 64.1 Å². The number of halogens is 3. The molecule has 352 valence electrons. The predicted octanol–water partition coefficient (Wildman–Crippen LogP) is 6.40. The van der Waals surface area contributed by atoms with Crippen molar-refractivity contribution in [3.05, 3.63) is 151 Å². The van der Waals surface area contributed by atoms with Gasteiger partial charge in [-0.3, -0.25) is 19.4 Å². The second-order valence-electron chi connectivity index (χ2n) is 17.7. The molecule has 2 saturated heterocycles. The smallest absolute Gasteiger partial charge is 0.341 e. The lowest BCUT2D eigenvalue weighted by Gasteiger charge is -2.36. The summed E-state index contributed by atoms with van der Waals surface area (Å²) >= 11 is 0. The number of aromatic nitrogens is 2. The van der Waals surface area contributed by atoms with Crippen molar-refractivity contribution in [3.63, 3.8) is 0 Å². The number of nitrogens with zero attached hydrogens (tertiary/aromatic N) is 6. The van der Waals surface area contributed by atoms with Crippen molar-refractivity contribution < 1.29 is 38.8 Å². The second-order valence-corrected chi connectivity index (χ2v) is 17.7. The highest BCUT2D eigenvalue weighted by Crippen LogP contribution is 2.39. The van der Waals surface area contributed by atoms with Crippen LogP contribution in [0.25, 0.3) is 21.8 Å². The Hall–Kier alpha value is -6.17. The van der Waals surface area contributed by atoms with Crippen LogP contribution in [0.15, 0.2) is 94.8 Å². The lowest BCUT2D eigenvalue weighted by atomic mass is 10.1. The van der Waals surface area contributed by atoms with Crippen LogP contribution in [-0.2, 0) is 26.3 Å². The minimum atomic E-state index is -1.29. The monoisotopic (exact) mass is 938 g/mol. The van der Waals surface area contributed by atoms with E-state index in [1.54, 1.807) is 12.1 Å². The Labute approximate surface area is 390 Å². The van der Waals surface area contributed by atoms with Crippen LogP contribution in [0.2, 0.25) is 0 Å². The van der Waals surface area contributed by atoms with Gasteiger partial charge in [0.05, 0.1) is 35.6 Å². The van der Waals surface area contributed by atoms with Crippen LogP contribution in [0.5, 0.6) is 0 Å². The highest BCUT2D eigenvalue weighted by Gasteiger charge is 2.30. The van der Waals surface area contributed by atoms with Crippen molar-refractivity contribution >= 4 is 57.5 Å². The summed E-state index contributed by atoms with van der Waals surface area (Å²) in [5, 5.41) is 37.4. The topological polar surface area (TPSA) is 172 Å². The fourth-order valence-electron chi connectivity index (χ4n) is 9.13. The number of carboxylic acids is 2. The molecule has 2 aliphatic carbocycles. The summed E-state index contributed by atoms with van der Waals surface area (Å²) in [6, 6.07) is 21.9. The molecule has 0 radical (unpaired) electrons. The lowest BCUT2D eigenvalue weighted by Crippen LogP contribution is -2.46. The van der Waals surface area contributed by atoms with Gasteiger partial charge in [-0.15, -0.1) is 12.4 Å². The van der Waals surface area contributed by atoms with E-state index < -0.39 is 34.4 Å². The molecule has 10 rings (SSSR count). The number of carbonyl (C=O) groups is 2. The van der Waals surface area contributed by atoms with E-state index in [0.29, 0.717) is 48.6 Å². The summed E-state index contributed by atoms with van der Waals surface area (Å²) in [6.45, 7) is 7.33. The maximum Gasteiger partial charge on any atom is 0.341 e. The van der Waals surface area contributed by atoms with E-state index in [-0.39, 0.29) is 59.6 Å². The van der Waals surface area contributed by atoms with Crippen LogP contribution in [0.3, 0.4) is 0 Å². The van der Waals surface area contributed by atoms with Crippen LogP contribution >= 0.6 is 12.4 Å². The minimum absolute atomic E-state index is 0. The molecule has 4 heterocycles. The molecule has 6 aromatic rings. The zero-order chi connectivity index (χ0) is 46.2. The summed E-state index contributed by atoms with van der Waals surface area (Å²) < 4.78 is 33.9. The lowest BCUT2D eigenvalue weighted by molar-refractivity contribution is 0.0684. The summed E-state index contributed by atoms with van der Waals surface area (Å²) in [6.07, 6.45) is 6.49. The van der Waals surface area contributed by atoms with Crippen LogP contribution in [0.1, 0.15) is 80.7 Å². The normalized spacial score (nSPS) is 16.7.